The van der Waals surface area contributed by atoms with Crippen molar-refractivity contribution in [2.45, 2.75) is 13.5 Å². The number of rotatable bonds is 5. The third-order valence-electron chi connectivity index (χ3n) is 3.47. The molecule has 0 saturated carbocycles. The van der Waals surface area contributed by atoms with Crippen LogP contribution < -0.4 is 0 Å². The van der Waals surface area contributed by atoms with Crippen LogP contribution in [0.1, 0.15) is 31.7 Å². The SMILES string of the molecule is COC(=O)c1ccc(COC(=O)c2sc(-c3ccc(F)cc3)nc2C)o1. The third kappa shape index (κ3) is 3.80. The predicted molar refractivity (Wildman–Crippen MR) is 91.4 cm³/mol. The van der Waals surface area contributed by atoms with Gasteiger partial charge in [0, 0.05) is 5.56 Å². The summed E-state index contributed by atoms with van der Waals surface area (Å²) < 4.78 is 28.0. The zero-order chi connectivity index (χ0) is 18.7. The van der Waals surface area contributed by atoms with Gasteiger partial charge >= 0.3 is 11.9 Å². The van der Waals surface area contributed by atoms with E-state index in [4.69, 9.17) is 9.15 Å². The molecule has 0 radical (unpaired) electrons. The molecule has 0 unspecified atom stereocenters. The summed E-state index contributed by atoms with van der Waals surface area (Å²) in [5.41, 5.74) is 1.24. The Labute approximate surface area is 152 Å². The van der Waals surface area contributed by atoms with Crippen LogP contribution in [0.3, 0.4) is 0 Å². The van der Waals surface area contributed by atoms with E-state index < -0.39 is 11.9 Å². The van der Waals surface area contributed by atoms with Gasteiger partial charge in [-0.15, -0.1) is 11.3 Å². The summed E-state index contributed by atoms with van der Waals surface area (Å²) in [6, 6.07) is 8.84. The number of aryl methyl sites for hydroxylation is 1. The van der Waals surface area contributed by atoms with Crippen molar-refractivity contribution in [2.24, 2.45) is 0 Å². The topological polar surface area (TPSA) is 78.6 Å². The lowest BCUT2D eigenvalue weighted by Crippen LogP contribution is -2.04. The molecule has 0 N–H and O–H groups in total. The summed E-state index contributed by atoms with van der Waals surface area (Å²) in [6.45, 7) is 1.57. The smallest absolute Gasteiger partial charge is 0.373 e. The maximum atomic E-state index is 13.0. The molecule has 0 bridgehead atoms. The Morgan fingerprint density at radius 3 is 2.58 bits per heavy atom. The Kier molecular flexibility index (Phi) is 5.13. The lowest BCUT2D eigenvalue weighted by atomic mass is 10.2. The minimum atomic E-state index is -0.607. The van der Waals surface area contributed by atoms with E-state index in [2.05, 4.69) is 9.72 Å². The summed E-state index contributed by atoms with van der Waals surface area (Å²) in [6.07, 6.45) is 0. The van der Waals surface area contributed by atoms with Crippen molar-refractivity contribution in [3.05, 3.63) is 64.3 Å². The maximum Gasteiger partial charge on any atom is 0.373 e. The number of hydrogen-bond acceptors (Lipinski definition) is 7. The van der Waals surface area contributed by atoms with Gasteiger partial charge in [0.05, 0.1) is 12.8 Å². The van der Waals surface area contributed by atoms with Crippen molar-refractivity contribution in [1.82, 2.24) is 4.98 Å². The first kappa shape index (κ1) is 17.8. The molecular weight excluding hydrogens is 361 g/mol. The van der Waals surface area contributed by atoms with Gasteiger partial charge in [0.1, 0.15) is 28.1 Å². The second kappa shape index (κ2) is 7.49. The molecule has 2 heterocycles. The van der Waals surface area contributed by atoms with Crippen molar-refractivity contribution in [3.8, 4) is 10.6 Å². The molecule has 3 rings (SSSR count). The highest BCUT2D eigenvalue weighted by molar-refractivity contribution is 7.17. The highest BCUT2D eigenvalue weighted by atomic mass is 32.1. The lowest BCUT2D eigenvalue weighted by Gasteiger charge is -2.01. The molecule has 3 aromatic rings. The van der Waals surface area contributed by atoms with Gasteiger partial charge in [-0.1, -0.05) is 0 Å². The Balaban J connectivity index is 1.69. The van der Waals surface area contributed by atoms with Crippen molar-refractivity contribution < 1.29 is 27.9 Å². The number of aromatic nitrogens is 1. The van der Waals surface area contributed by atoms with Crippen LogP contribution >= 0.6 is 11.3 Å². The summed E-state index contributed by atoms with van der Waals surface area (Å²) in [7, 11) is 1.25. The number of ether oxygens (including phenoxy) is 2. The van der Waals surface area contributed by atoms with Gasteiger partial charge in [-0.3, -0.25) is 0 Å². The number of esters is 2. The monoisotopic (exact) mass is 375 g/mol. The number of carbonyl (C=O) groups excluding carboxylic acids is 2. The van der Waals surface area contributed by atoms with Gasteiger partial charge in [-0.05, 0) is 43.3 Å². The van der Waals surface area contributed by atoms with Crippen LogP contribution in [0.2, 0.25) is 0 Å². The van der Waals surface area contributed by atoms with Crippen LogP contribution in [0.25, 0.3) is 10.6 Å². The maximum absolute atomic E-state index is 13.0. The number of methoxy groups -OCH3 is 1. The molecule has 0 spiro atoms. The van der Waals surface area contributed by atoms with Gasteiger partial charge in [-0.25, -0.2) is 19.0 Å². The van der Waals surface area contributed by atoms with Gasteiger partial charge in [-0.2, -0.15) is 0 Å². The quantitative estimate of drug-likeness (QED) is 0.628. The van der Waals surface area contributed by atoms with Crippen LogP contribution in [0.5, 0.6) is 0 Å². The zero-order valence-corrected chi connectivity index (χ0v) is 14.8. The van der Waals surface area contributed by atoms with Crippen LogP contribution in [-0.4, -0.2) is 24.0 Å². The van der Waals surface area contributed by atoms with Gasteiger partial charge < -0.3 is 13.9 Å². The molecule has 0 atom stereocenters. The van der Waals surface area contributed by atoms with E-state index in [1.807, 2.05) is 0 Å². The first-order chi connectivity index (χ1) is 12.5. The Bertz CT molecular complexity index is 945. The number of thiazole rings is 1. The Morgan fingerprint density at radius 1 is 1.15 bits per heavy atom. The molecular formula is C18H14FNO5S. The summed E-state index contributed by atoms with van der Waals surface area (Å²) in [5, 5.41) is 0.598. The van der Waals surface area contributed by atoms with E-state index in [1.165, 1.54) is 31.4 Å². The normalized spacial score (nSPS) is 10.6. The number of furan rings is 1. The molecule has 6 nitrogen and oxygen atoms in total. The van der Waals surface area contributed by atoms with E-state index in [0.717, 1.165) is 11.3 Å². The second-order valence-corrected chi connectivity index (χ2v) is 6.27. The predicted octanol–water partition coefficient (Wildman–Crippen LogP) is 3.99. The van der Waals surface area contributed by atoms with Crippen molar-refractivity contribution in [2.75, 3.05) is 7.11 Å². The molecule has 134 valence electrons. The molecule has 0 saturated heterocycles. The molecule has 2 aromatic heterocycles. The number of nitrogens with zero attached hydrogens (tertiary/aromatic N) is 1. The number of hydrogen-bond donors (Lipinski definition) is 0. The number of benzene rings is 1. The molecule has 26 heavy (non-hydrogen) atoms. The summed E-state index contributed by atoms with van der Waals surface area (Å²) in [5.74, 6) is -1.15. The van der Waals surface area contributed by atoms with Crippen LogP contribution in [0.4, 0.5) is 4.39 Å². The highest BCUT2D eigenvalue weighted by Crippen LogP contribution is 2.28. The fourth-order valence-electron chi connectivity index (χ4n) is 2.17. The van der Waals surface area contributed by atoms with Crippen molar-refractivity contribution in [3.63, 3.8) is 0 Å². The molecule has 0 aliphatic rings. The standard InChI is InChI=1S/C18H14FNO5S/c1-10-15(26-16(20-10)11-3-5-12(19)6-4-11)18(22)24-9-13-7-8-14(25-13)17(21)23-2/h3-8H,9H2,1-2H3. The number of carbonyl (C=O) groups is 2. The minimum absolute atomic E-state index is 0.0334. The fourth-order valence-corrected chi connectivity index (χ4v) is 3.14. The molecule has 8 heteroatoms. The largest absolute Gasteiger partial charge is 0.463 e. The highest BCUT2D eigenvalue weighted by Gasteiger charge is 2.19. The first-order valence-corrected chi connectivity index (χ1v) is 8.37. The van der Waals surface area contributed by atoms with E-state index in [-0.39, 0.29) is 18.2 Å². The summed E-state index contributed by atoms with van der Waals surface area (Å²) in [4.78, 5) is 28.3. The van der Waals surface area contributed by atoms with Gasteiger partial charge in [0.15, 0.2) is 0 Å². The third-order valence-corrected chi connectivity index (χ3v) is 4.65. The molecule has 0 amide bonds. The van der Waals surface area contributed by atoms with Gasteiger partial charge in [0.25, 0.3) is 0 Å². The fraction of sp³-hybridized carbons (Fsp3) is 0.167. The first-order valence-electron chi connectivity index (χ1n) is 7.55. The summed E-state index contributed by atoms with van der Waals surface area (Å²) >= 11 is 1.16. The second-order valence-electron chi connectivity index (χ2n) is 5.27. The molecule has 0 aliphatic carbocycles. The van der Waals surface area contributed by atoms with Crippen molar-refractivity contribution in [1.29, 1.82) is 0 Å². The molecule has 0 aliphatic heterocycles. The molecule has 1 aromatic carbocycles. The van der Waals surface area contributed by atoms with Crippen LogP contribution in [0.15, 0.2) is 40.8 Å². The van der Waals surface area contributed by atoms with E-state index in [0.29, 0.717) is 26.9 Å². The van der Waals surface area contributed by atoms with Gasteiger partial charge in [0.2, 0.25) is 5.76 Å². The Hall–Kier alpha value is -3.00. The van der Waals surface area contributed by atoms with E-state index in [1.54, 1.807) is 19.1 Å². The minimum Gasteiger partial charge on any atom is -0.463 e. The lowest BCUT2D eigenvalue weighted by molar-refractivity contribution is 0.0443. The average Bonchev–Trinajstić information content (AvgIpc) is 3.26. The van der Waals surface area contributed by atoms with E-state index >= 15 is 0 Å². The van der Waals surface area contributed by atoms with Crippen molar-refractivity contribution >= 4 is 23.3 Å². The van der Waals surface area contributed by atoms with E-state index in [9.17, 15) is 14.0 Å². The van der Waals surface area contributed by atoms with Crippen LogP contribution in [0, 0.1) is 12.7 Å². The Morgan fingerprint density at radius 2 is 1.88 bits per heavy atom. The number of halogens is 1. The zero-order valence-electron chi connectivity index (χ0n) is 13.9. The average molecular weight is 375 g/mol. The van der Waals surface area contributed by atoms with Crippen LogP contribution in [-0.2, 0) is 16.1 Å². The molecule has 0 fully saturated rings.